The van der Waals surface area contributed by atoms with Gasteiger partial charge in [-0.15, -0.1) is 21.5 Å². The van der Waals surface area contributed by atoms with Crippen molar-refractivity contribution in [2.45, 2.75) is 33.1 Å². The van der Waals surface area contributed by atoms with Crippen LogP contribution in [0.1, 0.15) is 39.3 Å². The molecule has 0 unspecified atom stereocenters. The van der Waals surface area contributed by atoms with Gasteiger partial charge in [0.1, 0.15) is 5.82 Å². The molecular formula is C17H20N4OS. The maximum absolute atomic E-state index is 12.3. The van der Waals surface area contributed by atoms with Gasteiger partial charge in [-0.05, 0) is 37.1 Å². The van der Waals surface area contributed by atoms with Gasteiger partial charge in [-0.25, -0.2) is 0 Å². The summed E-state index contributed by atoms with van der Waals surface area (Å²) in [5.74, 6) is 0.851. The highest BCUT2D eigenvalue weighted by atomic mass is 32.1. The topological polar surface area (TPSA) is 59.3 Å². The van der Waals surface area contributed by atoms with Gasteiger partial charge in [-0.3, -0.25) is 9.20 Å². The lowest BCUT2D eigenvalue weighted by molar-refractivity contribution is 0.0958. The number of rotatable bonds is 6. The zero-order chi connectivity index (χ0) is 16.2. The van der Waals surface area contributed by atoms with Crippen LogP contribution in [0.5, 0.6) is 0 Å². The Bertz CT molecular complexity index is 821. The summed E-state index contributed by atoms with van der Waals surface area (Å²) < 4.78 is 1.95. The molecule has 1 N–H and O–H groups in total. The number of fused-ring (bicyclic) bond motifs is 1. The number of hydrogen-bond donors (Lipinski definition) is 1. The lowest BCUT2D eigenvalue weighted by Crippen LogP contribution is -2.25. The maximum Gasteiger partial charge on any atom is 0.261 e. The van der Waals surface area contributed by atoms with E-state index in [9.17, 15) is 4.79 Å². The number of carbonyl (C=O) groups is 1. The zero-order valence-corrected chi connectivity index (χ0v) is 14.2. The van der Waals surface area contributed by atoms with Gasteiger partial charge in [0.15, 0.2) is 5.65 Å². The van der Waals surface area contributed by atoms with E-state index in [1.54, 1.807) is 11.3 Å². The van der Waals surface area contributed by atoms with E-state index in [0.29, 0.717) is 13.0 Å². The molecule has 0 spiro atoms. The molecular weight excluding hydrogens is 308 g/mol. The van der Waals surface area contributed by atoms with E-state index in [-0.39, 0.29) is 5.91 Å². The largest absolute Gasteiger partial charge is 0.351 e. The molecule has 0 saturated heterocycles. The minimum Gasteiger partial charge on any atom is -0.351 e. The van der Waals surface area contributed by atoms with Crippen molar-refractivity contribution >= 4 is 22.9 Å². The van der Waals surface area contributed by atoms with E-state index < -0.39 is 0 Å². The lowest BCUT2D eigenvalue weighted by Gasteiger charge is -2.02. The van der Waals surface area contributed by atoms with Crippen molar-refractivity contribution < 1.29 is 4.79 Å². The molecule has 0 aliphatic carbocycles. The molecule has 0 fully saturated rings. The van der Waals surface area contributed by atoms with E-state index >= 15 is 0 Å². The van der Waals surface area contributed by atoms with Crippen molar-refractivity contribution in [1.29, 1.82) is 0 Å². The third-order valence-electron chi connectivity index (χ3n) is 3.78. The van der Waals surface area contributed by atoms with Gasteiger partial charge in [0.2, 0.25) is 0 Å². The van der Waals surface area contributed by atoms with E-state index in [1.807, 2.05) is 34.9 Å². The van der Waals surface area contributed by atoms with E-state index in [4.69, 9.17) is 0 Å². The van der Waals surface area contributed by atoms with Crippen LogP contribution in [0.25, 0.3) is 5.65 Å². The molecule has 3 aromatic rings. The standard InChI is InChI=1S/C17H20N4OS/c1-3-6-13-11-14(23-12(13)2)17(22)18-9-8-16-20-19-15-7-4-5-10-21(15)16/h4-5,7,10-11H,3,6,8-9H2,1-2H3,(H,18,22). The first-order valence-electron chi connectivity index (χ1n) is 7.85. The Balaban J connectivity index is 1.60. The molecule has 0 aliphatic rings. The monoisotopic (exact) mass is 328 g/mol. The Morgan fingerprint density at radius 1 is 1.30 bits per heavy atom. The fourth-order valence-corrected chi connectivity index (χ4v) is 3.57. The van der Waals surface area contributed by atoms with E-state index in [2.05, 4.69) is 29.4 Å². The summed E-state index contributed by atoms with van der Waals surface area (Å²) in [5, 5.41) is 11.3. The molecule has 0 aromatic carbocycles. The predicted octanol–water partition coefficient (Wildman–Crippen LogP) is 3.02. The van der Waals surface area contributed by atoms with Gasteiger partial charge in [0.05, 0.1) is 4.88 Å². The highest BCUT2D eigenvalue weighted by Crippen LogP contribution is 2.22. The van der Waals surface area contributed by atoms with Crippen LogP contribution in [-0.4, -0.2) is 27.0 Å². The molecule has 3 aromatic heterocycles. The Kier molecular flexibility index (Phi) is 4.71. The van der Waals surface area contributed by atoms with Gasteiger partial charge in [0, 0.05) is 24.0 Å². The zero-order valence-electron chi connectivity index (χ0n) is 13.4. The fraction of sp³-hybridized carbons (Fsp3) is 0.353. The van der Waals surface area contributed by atoms with Crippen molar-refractivity contribution in [1.82, 2.24) is 19.9 Å². The summed E-state index contributed by atoms with van der Waals surface area (Å²) in [6.45, 7) is 4.78. The number of nitrogens with zero attached hydrogens (tertiary/aromatic N) is 3. The molecule has 120 valence electrons. The SMILES string of the molecule is CCCc1cc(C(=O)NCCc2nnc3ccccn23)sc1C. The van der Waals surface area contributed by atoms with Crippen molar-refractivity contribution in [3.63, 3.8) is 0 Å². The van der Waals surface area contributed by atoms with Crippen LogP contribution in [-0.2, 0) is 12.8 Å². The second kappa shape index (κ2) is 6.91. The minimum absolute atomic E-state index is 0.00530. The van der Waals surface area contributed by atoms with Crippen LogP contribution in [0.15, 0.2) is 30.5 Å². The summed E-state index contributed by atoms with van der Waals surface area (Å²) in [7, 11) is 0. The Hall–Kier alpha value is -2.21. The number of carbonyl (C=O) groups excluding carboxylic acids is 1. The maximum atomic E-state index is 12.3. The number of thiophene rings is 1. The molecule has 0 bridgehead atoms. The van der Waals surface area contributed by atoms with Crippen LogP contribution in [0.3, 0.4) is 0 Å². The van der Waals surface area contributed by atoms with Crippen molar-refractivity contribution in [2.75, 3.05) is 6.54 Å². The molecule has 0 atom stereocenters. The van der Waals surface area contributed by atoms with Crippen LogP contribution in [0, 0.1) is 6.92 Å². The van der Waals surface area contributed by atoms with Crippen LogP contribution < -0.4 is 5.32 Å². The Morgan fingerprint density at radius 3 is 3.00 bits per heavy atom. The number of aryl methyl sites for hydroxylation is 2. The summed E-state index contributed by atoms with van der Waals surface area (Å²) in [4.78, 5) is 14.3. The second-order valence-corrected chi connectivity index (χ2v) is 6.75. The first-order valence-corrected chi connectivity index (χ1v) is 8.67. The van der Waals surface area contributed by atoms with Crippen LogP contribution >= 0.6 is 11.3 Å². The van der Waals surface area contributed by atoms with E-state index in [1.165, 1.54) is 10.4 Å². The first-order chi connectivity index (χ1) is 11.2. The number of pyridine rings is 1. The molecule has 0 saturated carbocycles. The molecule has 3 rings (SSSR count). The molecule has 5 nitrogen and oxygen atoms in total. The summed E-state index contributed by atoms with van der Waals surface area (Å²) in [5.41, 5.74) is 2.11. The Labute approximate surface area is 139 Å². The molecule has 1 amide bonds. The minimum atomic E-state index is -0.00530. The molecule has 6 heteroatoms. The third-order valence-corrected chi connectivity index (χ3v) is 4.87. The molecule has 23 heavy (non-hydrogen) atoms. The normalized spacial score (nSPS) is 11.0. The van der Waals surface area contributed by atoms with Crippen molar-refractivity contribution in [2.24, 2.45) is 0 Å². The molecule has 3 heterocycles. The number of aromatic nitrogens is 3. The summed E-state index contributed by atoms with van der Waals surface area (Å²) in [6, 6.07) is 7.81. The number of nitrogens with one attached hydrogen (secondary N) is 1. The fourth-order valence-electron chi connectivity index (χ4n) is 2.59. The number of hydrogen-bond acceptors (Lipinski definition) is 4. The van der Waals surface area contributed by atoms with Crippen LogP contribution in [0.4, 0.5) is 0 Å². The molecule has 0 radical (unpaired) electrons. The average molecular weight is 328 g/mol. The Morgan fingerprint density at radius 2 is 2.17 bits per heavy atom. The van der Waals surface area contributed by atoms with Gasteiger partial charge >= 0.3 is 0 Å². The third kappa shape index (κ3) is 3.42. The molecule has 0 aliphatic heterocycles. The van der Waals surface area contributed by atoms with Gasteiger partial charge in [-0.1, -0.05) is 19.4 Å². The number of amides is 1. The average Bonchev–Trinajstić information content (AvgIpc) is 3.12. The summed E-state index contributed by atoms with van der Waals surface area (Å²) in [6.07, 6.45) is 4.72. The van der Waals surface area contributed by atoms with Gasteiger partial charge in [0.25, 0.3) is 5.91 Å². The quantitative estimate of drug-likeness (QED) is 0.756. The van der Waals surface area contributed by atoms with Crippen molar-refractivity contribution in [3.8, 4) is 0 Å². The second-order valence-electron chi connectivity index (χ2n) is 5.49. The lowest BCUT2D eigenvalue weighted by atomic mass is 10.1. The highest BCUT2D eigenvalue weighted by Gasteiger charge is 2.12. The smallest absolute Gasteiger partial charge is 0.261 e. The van der Waals surface area contributed by atoms with Crippen LogP contribution in [0.2, 0.25) is 0 Å². The van der Waals surface area contributed by atoms with Gasteiger partial charge in [-0.2, -0.15) is 0 Å². The predicted molar refractivity (Wildman–Crippen MR) is 92.1 cm³/mol. The first kappa shape index (κ1) is 15.7. The summed E-state index contributed by atoms with van der Waals surface area (Å²) >= 11 is 1.57. The van der Waals surface area contributed by atoms with E-state index in [0.717, 1.165) is 29.2 Å². The van der Waals surface area contributed by atoms with Gasteiger partial charge < -0.3 is 5.32 Å². The highest BCUT2D eigenvalue weighted by molar-refractivity contribution is 7.14. The van der Waals surface area contributed by atoms with Crippen molar-refractivity contribution in [3.05, 3.63) is 51.6 Å².